The first-order valence-electron chi connectivity index (χ1n) is 9.56. The highest BCUT2D eigenvalue weighted by molar-refractivity contribution is 7.13. The fourth-order valence-corrected chi connectivity index (χ4v) is 6.72. The number of carbonyl (C=O) groups is 2. The van der Waals surface area contributed by atoms with Gasteiger partial charge in [0.15, 0.2) is 5.13 Å². The number of amides is 2. The Balaban J connectivity index is 1.36. The molecule has 7 heteroatoms. The molecule has 2 amide bonds. The van der Waals surface area contributed by atoms with Crippen LogP contribution in [0.3, 0.4) is 0 Å². The average molecular weight is 378 g/mol. The Morgan fingerprint density at radius 1 is 1.31 bits per heavy atom. The second kappa shape index (κ2) is 6.30. The maximum atomic E-state index is 13.0. The topological polar surface area (TPSA) is 91.3 Å². The maximum Gasteiger partial charge on any atom is 0.227 e. The van der Waals surface area contributed by atoms with E-state index in [0.29, 0.717) is 24.0 Å². The number of carbonyl (C=O) groups excluding carboxylic acids is 2. The summed E-state index contributed by atoms with van der Waals surface area (Å²) in [6.07, 6.45) is 8.08. The molecule has 4 aliphatic rings. The van der Waals surface area contributed by atoms with Gasteiger partial charge in [0.1, 0.15) is 0 Å². The smallest absolute Gasteiger partial charge is 0.227 e. The second-order valence-electron chi connectivity index (χ2n) is 8.76. The van der Waals surface area contributed by atoms with Gasteiger partial charge >= 0.3 is 0 Å². The van der Waals surface area contributed by atoms with E-state index in [9.17, 15) is 14.7 Å². The zero-order chi connectivity index (χ0) is 18.4. The Hall–Kier alpha value is -1.47. The van der Waals surface area contributed by atoms with Crippen LogP contribution in [0.5, 0.6) is 0 Å². The lowest BCUT2D eigenvalue weighted by atomic mass is 9.42. The number of rotatable bonds is 6. The highest BCUT2D eigenvalue weighted by atomic mass is 32.1. The third-order valence-electron chi connectivity index (χ3n) is 6.70. The lowest BCUT2D eigenvalue weighted by Crippen LogP contribution is -2.63. The molecule has 5 rings (SSSR count). The Morgan fingerprint density at radius 3 is 2.85 bits per heavy atom. The van der Waals surface area contributed by atoms with E-state index in [1.165, 1.54) is 11.3 Å². The Labute approximate surface area is 157 Å². The molecule has 0 aromatic carbocycles. The number of nitrogens with zero attached hydrogens (tertiary/aromatic N) is 1. The molecule has 0 saturated heterocycles. The average Bonchev–Trinajstić information content (AvgIpc) is 3.05. The van der Waals surface area contributed by atoms with E-state index in [0.717, 1.165) is 38.5 Å². The normalized spacial score (nSPS) is 37.5. The molecule has 1 aromatic rings. The largest absolute Gasteiger partial charge is 0.390 e. The van der Waals surface area contributed by atoms with Gasteiger partial charge in [-0.25, -0.2) is 4.98 Å². The Morgan fingerprint density at radius 2 is 2.15 bits per heavy atom. The second-order valence-corrected chi connectivity index (χ2v) is 9.65. The van der Waals surface area contributed by atoms with Gasteiger partial charge in [0, 0.05) is 24.5 Å². The third-order valence-corrected chi connectivity index (χ3v) is 7.39. The van der Waals surface area contributed by atoms with Crippen molar-refractivity contribution in [2.75, 3.05) is 11.9 Å². The van der Waals surface area contributed by atoms with Gasteiger partial charge in [0.25, 0.3) is 0 Å². The molecule has 26 heavy (non-hydrogen) atoms. The third kappa shape index (κ3) is 3.16. The van der Waals surface area contributed by atoms with Crippen molar-refractivity contribution in [2.45, 2.75) is 63.9 Å². The number of aromatic nitrogens is 1. The molecule has 4 aliphatic carbocycles. The highest BCUT2D eigenvalue weighted by Crippen LogP contribution is 2.67. The van der Waals surface area contributed by atoms with Crippen LogP contribution in [-0.2, 0) is 9.59 Å². The molecule has 142 valence electrons. The summed E-state index contributed by atoms with van der Waals surface area (Å²) < 4.78 is 0. The van der Waals surface area contributed by atoms with E-state index in [1.54, 1.807) is 11.6 Å². The van der Waals surface area contributed by atoms with Crippen molar-refractivity contribution in [3.63, 3.8) is 0 Å². The summed E-state index contributed by atoms with van der Waals surface area (Å²) in [4.78, 5) is 29.0. The van der Waals surface area contributed by atoms with Crippen LogP contribution >= 0.6 is 11.3 Å². The molecule has 4 bridgehead atoms. The van der Waals surface area contributed by atoms with Gasteiger partial charge in [-0.05, 0) is 49.9 Å². The van der Waals surface area contributed by atoms with Crippen LogP contribution in [0.4, 0.5) is 5.13 Å². The SMILES string of the molecule is CC[C@]12C[C@@H]3C[C@@](O)(C1)C[C@@](C(=O)NCCC(=O)Nc1nccs1)(C3)C2. The summed E-state index contributed by atoms with van der Waals surface area (Å²) in [6, 6.07) is 0. The molecule has 0 radical (unpaired) electrons. The van der Waals surface area contributed by atoms with Crippen molar-refractivity contribution in [3.05, 3.63) is 11.6 Å². The minimum atomic E-state index is -0.672. The highest BCUT2D eigenvalue weighted by Gasteiger charge is 2.64. The Kier molecular flexibility index (Phi) is 4.34. The minimum Gasteiger partial charge on any atom is -0.390 e. The zero-order valence-corrected chi connectivity index (χ0v) is 16.0. The zero-order valence-electron chi connectivity index (χ0n) is 15.2. The quantitative estimate of drug-likeness (QED) is 0.711. The van der Waals surface area contributed by atoms with Gasteiger partial charge in [-0.1, -0.05) is 13.3 Å². The van der Waals surface area contributed by atoms with E-state index in [4.69, 9.17) is 0 Å². The molecule has 0 spiro atoms. The van der Waals surface area contributed by atoms with E-state index in [1.807, 2.05) is 0 Å². The summed E-state index contributed by atoms with van der Waals surface area (Å²) in [6.45, 7) is 2.51. The molecular weight excluding hydrogens is 350 g/mol. The molecular formula is C19H27N3O3S. The lowest BCUT2D eigenvalue weighted by Gasteiger charge is -2.64. The first kappa shape index (κ1) is 17.9. The van der Waals surface area contributed by atoms with Crippen molar-refractivity contribution in [1.29, 1.82) is 0 Å². The lowest BCUT2D eigenvalue weighted by molar-refractivity contribution is -0.204. The number of hydrogen-bond acceptors (Lipinski definition) is 5. The fraction of sp³-hybridized carbons (Fsp3) is 0.737. The van der Waals surface area contributed by atoms with Crippen LogP contribution < -0.4 is 10.6 Å². The van der Waals surface area contributed by atoms with E-state index in [-0.39, 0.29) is 23.7 Å². The van der Waals surface area contributed by atoms with Crippen LogP contribution in [0.25, 0.3) is 0 Å². The van der Waals surface area contributed by atoms with Gasteiger partial charge in [-0.2, -0.15) is 0 Å². The summed E-state index contributed by atoms with van der Waals surface area (Å²) in [7, 11) is 0. The van der Waals surface area contributed by atoms with Crippen LogP contribution in [0, 0.1) is 16.7 Å². The number of aliphatic hydroxyl groups is 1. The summed E-state index contributed by atoms with van der Waals surface area (Å²) in [5.74, 6) is 0.337. The van der Waals surface area contributed by atoms with Gasteiger partial charge in [-0.3, -0.25) is 9.59 Å². The van der Waals surface area contributed by atoms with Crippen molar-refractivity contribution in [3.8, 4) is 0 Å². The molecule has 3 N–H and O–H groups in total. The standard InChI is InChI=1S/C19H27N3O3S/c1-2-17-7-13-8-18(10-17,12-19(25,9-13)11-17)15(24)20-4-3-14(23)22-16-21-5-6-26-16/h5-6,13,25H,2-4,7-12H2,1H3,(H,20,24)(H,21,22,23)/t13-,17+,18+,19+/m0/s1. The van der Waals surface area contributed by atoms with Crippen molar-refractivity contribution >= 4 is 28.3 Å². The van der Waals surface area contributed by atoms with Crippen LogP contribution in [0.1, 0.15) is 58.3 Å². The van der Waals surface area contributed by atoms with Crippen molar-refractivity contribution < 1.29 is 14.7 Å². The Bertz CT molecular complexity index is 709. The number of thiazole rings is 1. The molecule has 4 saturated carbocycles. The summed E-state index contributed by atoms with van der Waals surface area (Å²) in [5, 5.41) is 19.1. The van der Waals surface area contributed by atoms with Gasteiger partial charge in [0.2, 0.25) is 11.8 Å². The molecule has 0 unspecified atom stereocenters. The number of hydrogen-bond donors (Lipinski definition) is 3. The minimum absolute atomic E-state index is 0.0277. The number of anilines is 1. The molecule has 4 fully saturated rings. The molecule has 0 aliphatic heterocycles. The number of nitrogens with one attached hydrogen (secondary N) is 2. The van der Waals surface area contributed by atoms with Gasteiger partial charge in [-0.15, -0.1) is 11.3 Å². The van der Waals surface area contributed by atoms with Crippen molar-refractivity contribution in [1.82, 2.24) is 10.3 Å². The van der Waals surface area contributed by atoms with Gasteiger partial charge in [0.05, 0.1) is 11.0 Å². The molecule has 1 heterocycles. The van der Waals surface area contributed by atoms with Crippen LogP contribution in [0.15, 0.2) is 11.6 Å². The molecule has 4 atom stereocenters. The first-order valence-corrected chi connectivity index (χ1v) is 10.4. The first-order chi connectivity index (χ1) is 12.4. The predicted octanol–water partition coefficient (Wildman–Crippen LogP) is 2.70. The van der Waals surface area contributed by atoms with Gasteiger partial charge < -0.3 is 15.7 Å². The maximum absolute atomic E-state index is 13.0. The monoisotopic (exact) mass is 377 g/mol. The molecule has 1 aromatic heterocycles. The van der Waals surface area contributed by atoms with E-state index >= 15 is 0 Å². The van der Waals surface area contributed by atoms with E-state index in [2.05, 4.69) is 22.5 Å². The van der Waals surface area contributed by atoms with Crippen molar-refractivity contribution in [2.24, 2.45) is 16.7 Å². The summed E-state index contributed by atoms with van der Waals surface area (Å²) in [5.41, 5.74) is -1.00. The predicted molar refractivity (Wildman–Crippen MR) is 99.7 cm³/mol. The van der Waals surface area contributed by atoms with Crippen LogP contribution in [0.2, 0.25) is 0 Å². The fourth-order valence-electron chi connectivity index (χ4n) is 6.18. The summed E-state index contributed by atoms with van der Waals surface area (Å²) >= 11 is 1.37. The van der Waals surface area contributed by atoms with E-state index < -0.39 is 11.0 Å². The molecule has 6 nitrogen and oxygen atoms in total. The van der Waals surface area contributed by atoms with Crippen LogP contribution in [-0.4, -0.2) is 34.1 Å².